The van der Waals surface area contributed by atoms with Crippen LogP contribution in [0.5, 0.6) is 0 Å². The van der Waals surface area contributed by atoms with Crippen LogP contribution in [0.25, 0.3) is 0 Å². The van der Waals surface area contributed by atoms with Crippen molar-refractivity contribution in [1.29, 1.82) is 0 Å². The maximum absolute atomic E-state index is 13.6. The molecule has 1 fully saturated rings. The molecule has 0 radical (unpaired) electrons. The van der Waals surface area contributed by atoms with Crippen molar-refractivity contribution in [3.05, 3.63) is 69.9 Å². The zero-order chi connectivity index (χ0) is 16.2. The van der Waals surface area contributed by atoms with Gasteiger partial charge in [-0.15, -0.1) is 0 Å². The van der Waals surface area contributed by atoms with Gasteiger partial charge in [0.15, 0.2) is 0 Å². The molecule has 1 saturated carbocycles. The van der Waals surface area contributed by atoms with Crippen molar-refractivity contribution >= 4 is 22.0 Å². The first kappa shape index (κ1) is 16.0. The molecule has 3 nitrogen and oxygen atoms in total. The minimum absolute atomic E-state index is 0.217. The average molecular weight is 378 g/mol. The Bertz CT molecular complexity index is 668. The highest BCUT2D eigenvalue weighted by atomic mass is 79.9. The van der Waals surface area contributed by atoms with Crippen LogP contribution in [0, 0.1) is 11.7 Å². The molecule has 1 aliphatic carbocycles. The minimum Gasteiger partial charge on any atom is -0.445 e. The molecule has 0 bridgehead atoms. The third kappa shape index (κ3) is 4.55. The Labute approximate surface area is 143 Å². The second-order valence-electron chi connectivity index (χ2n) is 5.72. The highest BCUT2D eigenvalue weighted by molar-refractivity contribution is 9.10. The van der Waals surface area contributed by atoms with E-state index >= 15 is 0 Å². The molecule has 1 atom stereocenters. The summed E-state index contributed by atoms with van der Waals surface area (Å²) < 4.78 is 19.5. The predicted octanol–water partition coefficient (Wildman–Crippen LogP) is 4.97. The monoisotopic (exact) mass is 377 g/mol. The molecule has 1 aliphatic rings. The summed E-state index contributed by atoms with van der Waals surface area (Å²) in [6.07, 6.45) is 1.57. The quantitative estimate of drug-likeness (QED) is 0.798. The van der Waals surface area contributed by atoms with E-state index in [9.17, 15) is 9.18 Å². The van der Waals surface area contributed by atoms with Gasteiger partial charge >= 0.3 is 6.09 Å². The van der Waals surface area contributed by atoms with Gasteiger partial charge in [0.2, 0.25) is 0 Å². The second-order valence-corrected chi connectivity index (χ2v) is 6.64. The van der Waals surface area contributed by atoms with Gasteiger partial charge in [-0.05, 0) is 48.1 Å². The lowest BCUT2D eigenvalue weighted by Gasteiger charge is -2.19. The van der Waals surface area contributed by atoms with Crippen LogP contribution < -0.4 is 5.32 Å². The standard InChI is InChI=1S/C18H17BrFNO2/c19-15-8-14(9-16(20)10-15)17(13-6-7-13)21-18(22)23-11-12-4-2-1-3-5-12/h1-5,8-10,13,17H,6-7,11H2,(H,21,22). The van der Waals surface area contributed by atoms with E-state index in [-0.39, 0.29) is 18.5 Å². The number of alkyl carbamates (subject to hydrolysis) is 1. The molecule has 0 heterocycles. The fourth-order valence-electron chi connectivity index (χ4n) is 2.55. The van der Waals surface area contributed by atoms with E-state index in [2.05, 4.69) is 21.2 Å². The Balaban J connectivity index is 1.64. The predicted molar refractivity (Wildman–Crippen MR) is 89.3 cm³/mol. The number of halogens is 2. The number of rotatable bonds is 5. The Hall–Kier alpha value is -1.88. The molecule has 1 amide bonds. The van der Waals surface area contributed by atoms with Crippen LogP contribution >= 0.6 is 15.9 Å². The molecule has 2 aromatic rings. The largest absolute Gasteiger partial charge is 0.445 e. The lowest BCUT2D eigenvalue weighted by molar-refractivity contribution is 0.134. The van der Waals surface area contributed by atoms with E-state index in [1.807, 2.05) is 36.4 Å². The van der Waals surface area contributed by atoms with Crippen molar-refractivity contribution in [3.8, 4) is 0 Å². The Kier molecular flexibility index (Phi) is 4.96. The summed E-state index contributed by atoms with van der Waals surface area (Å²) in [4.78, 5) is 12.1. The molecule has 1 unspecified atom stereocenters. The molecule has 0 spiro atoms. The first-order valence-corrected chi connectivity index (χ1v) is 8.34. The summed E-state index contributed by atoms with van der Waals surface area (Å²) in [5.41, 5.74) is 1.69. The van der Waals surface area contributed by atoms with Crippen LogP contribution in [0.1, 0.15) is 30.0 Å². The fraction of sp³-hybridized carbons (Fsp3) is 0.278. The van der Waals surface area contributed by atoms with Crippen LogP contribution in [0.3, 0.4) is 0 Å². The van der Waals surface area contributed by atoms with E-state index in [4.69, 9.17) is 4.74 Å². The van der Waals surface area contributed by atoms with Gasteiger partial charge in [-0.25, -0.2) is 9.18 Å². The molecule has 0 saturated heterocycles. The number of nitrogens with one attached hydrogen (secondary N) is 1. The van der Waals surface area contributed by atoms with Gasteiger partial charge in [-0.1, -0.05) is 46.3 Å². The smallest absolute Gasteiger partial charge is 0.407 e. The number of amides is 1. The van der Waals surface area contributed by atoms with Crippen molar-refractivity contribution in [1.82, 2.24) is 5.32 Å². The maximum Gasteiger partial charge on any atom is 0.407 e. The molecule has 1 N–H and O–H groups in total. The number of carbonyl (C=O) groups excluding carboxylic acids is 1. The van der Waals surface area contributed by atoms with Crippen molar-refractivity contribution < 1.29 is 13.9 Å². The second kappa shape index (κ2) is 7.13. The Morgan fingerprint density at radius 2 is 2.00 bits per heavy atom. The minimum atomic E-state index is -0.480. The molecule has 3 rings (SSSR count). The van der Waals surface area contributed by atoms with Crippen LogP contribution in [-0.4, -0.2) is 6.09 Å². The van der Waals surface area contributed by atoms with Gasteiger partial charge in [-0.3, -0.25) is 0 Å². The van der Waals surface area contributed by atoms with E-state index in [0.717, 1.165) is 24.0 Å². The SMILES string of the molecule is O=C(NC(c1cc(F)cc(Br)c1)C1CC1)OCc1ccccc1. The molecule has 2 aromatic carbocycles. The van der Waals surface area contributed by atoms with Crippen molar-refractivity contribution in [3.63, 3.8) is 0 Å². The number of benzene rings is 2. The van der Waals surface area contributed by atoms with Gasteiger partial charge in [0.1, 0.15) is 12.4 Å². The first-order valence-electron chi connectivity index (χ1n) is 7.55. The van der Waals surface area contributed by atoms with Gasteiger partial charge in [0.05, 0.1) is 6.04 Å². The van der Waals surface area contributed by atoms with Crippen molar-refractivity contribution in [2.75, 3.05) is 0 Å². The van der Waals surface area contributed by atoms with E-state index in [0.29, 0.717) is 10.4 Å². The summed E-state index contributed by atoms with van der Waals surface area (Å²) in [5.74, 6) is 0.0208. The van der Waals surface area contributed by atoms with E-state index in [1.54, 1.807) is 0 Å². The summed E-state index contributed by atoms with van der Waals surface area (Å²) >= 11 is 3.29. The van der Waals surface area contributed by atoms with Gasteiger partial charge in [0, 0.05) is 4.47 Å². The number of hydrogen-bond donors (Lipinski definition) is 1. The zero-order valence-corrected chi connectivity index (χ0v) is 14.1. The summed E-state index contributed by atoms with van der Waals surface area (Å²) in [6.45, 7) is 0.219. The van der Waals surface area contributed by atoms with Gasteiger partial charge < -0.3 is 10.1 Å². The number of carbonyl (C=O) groups is 1. The summed E-state index contributed by atoms with van der Waals surface area (Å²) in [6, 6.07) is 14.0. The van der Waals surface area contributed by atoms with Gasteiger partial charge in [-0.2, -0.15) is 0 Å². The summed E-state index contributed by atoms with van der Waals surface area (Å²) in [7, 11) is 0. The fourth-order valence-corrected chi connectivity index (χ4v) is 3.03. The van der Waals surface area contributed by atoms with Crippen LogP contribution in [0.4, 0.5) is 9.18 Å². The maximum atomic E-state index is 13.6. The van der Waals surface area contributed by atoms with Crippen LogP contribution in [-0.2, 0) is 11.3 Å². The molecule has 23 heavy (non-hydrogen) atoms. The third-order valence-electron chi connectivity index (χ3n) is 3.82. The van der Waals surface area contributed by atoms with E-state index < -0.39 is 6.09 Å². The van der Waals surface area contributed by atoms with E-state index in [1.165, 1.54) is 12.1 Å². The lowest BCUT2D eigenvalue weighted by Crippen LogP contribution is -2.30. The van der Waals surface area contributed by atoms with Crippen LogP contribution in [0.15, 0.2) is 53.0 Å². The van der Waals surface area contributed by atoms with Crippen LogP contribution in [0.2, 0.25) is 0 Å². The Morgan fingerprint density at radius 3 is 2.65 bits per heavy atom. The zero-order valence-electron chi connectivity index (χ0n) is 12.5. The average Bonchev–Trinajstić information content (AvgIpc) is 3.35. The highest BCUT2D eigenvalue weighted by Crippen LogP contribution is 2.41. The lowest BCUT2D eigenvalue weighted by atomic mass is 10.0. The molecular weight excluding hydrogens is 361 g/mol. The molecular formula is C18H17BrFNO2. The Morgan fingerprint density at radius 1 is 1.26 bits per heavy atom. The molecule has 120 valence electrons. The van der Waals surface area contributed by atoms with Crippen molar-refractivity contribution in [2.24, 2.45) is 5.92 Å². The summed E-state index contributed by atoms with van der Waals surface area (Å²) in [5, 5.41) is 2.87. The molecule has 5 heteroatoms. The number of ether oxygens (including phenoxy) is 1. The molecule has 0 aliphatic heterocycles. The van der Waals surface area contributed by atoms with Gasteiger partial charge in [0.25, 0.3) is 0 Å². The topological polar surface area (TPSA) is 38.3 Å². The first-order chi connectivity index (χ1) is 11.1. The third-order valence-corrected chi connectivity index (χ3v) is 4.28. The normalized spacial score (nSPS) is 15.0. The highest BCUT2D eigenvalue weighted by Gasteiger charge is 2.34. The molecule has 0 aromatic heterocycles. The number of hydrogen-bond acceptors (Lipinski definition) is 2. The van der Waals surface area contributed by atoms with Crippen molar-refractivity contribution in [2.45, 2.75) is 25.5 Å².